The molecule has 2 aliphatic heterocycles. The molecule has 2 rings (SSSR count). The third-order valence-corrected chi connectivity index (χ3v) is 3.87. The molecule has 2 unspecified atom stereocenters. The lowest BCUT2D eigenvalue weighted by atomic mass is 9.89. The Hall–Kier alpha value is -1.10. The van der Waals surface area contributed by atoms with Crippen molar-refractivity contribution < 1.29 is 9.59 Å². The molecule has 2 atom stereocenters. The number of amides is 2. The van der Waals surface area contributed by atoms with E-state index in [0.717, 1.165) is 12.8 Å². The predicted octanol–water partition coefficient (Wildman–Crippen LogP) is 0.159. The quantitative estimate of drug-likeness (QED) is 0.611. The van der Waals surface area contributed by atoms with Gasteiger partial charge >= 0.3 is 0 Å². The normalized spacial score (nSPS) is 29.9. The van der Waals surface area contributed by atoms with Crippen molar-refractivity contribution in [1.29, 1.82) is 0 Å². The molecule has 102 valence electrons. The van der Waals surface area contributed by atoms with Crippen LogP contribution in [-0.2, 0) is 9.59 Å². The Balaban J connectivity index is 1.61. The van der Waals surface area contributed by atoms with Gasteiger partial charge in [0.1, 0.15) is 0 Å². The van der Waals surface area contributed by atoms with E-state index in [1.807, 2.05) is 0 Å². The largest absolute Gasteiger partial charge is 0.355 e. The lowest BCUT2D eigenvalue weighted by molar-refractivity contribution is -0.123. The van der Waals surface area contributed by atoms with Crippen molar-refractivity contribution in [2.45, 2.75) is 51.1 Å². The van der Waals surface area contributed by atoms with E-state index in [4.69, 9.17) is 0 Å². The summed E-state index contributed by atoms with van der Waals surface area (Å²) in [5.74, 6) is 0.593. The van der Waals surface area contributed by atoms with E-state index in [2.05, 4.69) is 16.0 Å². The summed E-state index contributed by atoms with van der Waals surface area (Å²) >= 11 is 0. The molecule has 0 aliphatic carbocycles. The predicted molar refractivity (Wildman–Crippen MR) is 69.0 cm³/mol. The molecular formula is C13H23N3O2. The Morgan fingerprint density at radius 3 is 2.33 bits per heavy atom. The molecule has 2 heterocycles. The van der Waals surface area contributed by atoms with Crippen LogP contribution in [0.4, 0.5) is 0 Å². The van der Waals surface area contributed by atoms with E-state index < -0.39 is 0 Å². The van der Waals surface area contributed by atoms with Gasteiger partial charge in [-0.3, -0.25) is 9.59 Å². The van der Waals surface area contributed by atoms with Crippen LogP contribution in [0.2, 0.25) is 0 Å². The van der Waals surface area contributed by atoms with Crippen molar-refractivity contribution in [3.05, 3.63) is 0 Å². The maximum Gasteiger partial charge on any atom is 0.220 e. The Bertz CT molecular complexity index is 307. The zero-order valence-corrected chi connectivity index (χ0v) is 11.0. The first kappa shape index (κ1) is 13.3. The molecular weight excluding hydrogens is 230 g/mol. The molecule has 0 saturated carbocycles. The van der Waals surface area contributed by atoms with Gasteiger partial charge in [0.05, 0.1) is 0 Å². The van der Waals surface area contributed by atoms with E-state index in [1.165, 1.54) is 19.8 Å². The van der Waals surface area contributed by atoms with Crippen LogP contribution >= 0.6 is 0 Å². The third kappa shape index (κ3) is 3.98. The van der Waals surface area contributed by atoms with Gasteiger partial charge in [-0.1, -0.05) is 0 Å². The molecule has 2 bridgehead atoms. The molecule has 0 aromatic rings. The molecule has 2 saturated heterocycles. The van der Waals surface area contributed by atoms with Crippen molar-refractivity contribution >= 4 is 11.8 Å². The number of nitrogens with one attached hydrogen (secondary N) is 3. The fraction of sp³-hybridized carbons (Fsp3) is 0.846. The zero-order valence-electron chi connectivity index (χ0n) is 11.0. The van der Waals surface area contributed by atoms with Gasteiger partial charge in [0.15, 0.2) is 0 Å². The van der Waals surface area contributed by atoms with E-state index >= 15 is 0 Å². The highest BCUT2D eigenvalue weighted by atomic mass is 16.2. The molecule has 0 radical (unpaired) electrons. The molecule has 18 heavy (non-hydrogen) atoms. The lowest BCUT2D eigenvalue weighted by Gasteiger charge is -2.28. The first-order valence-corrected chi connectivity index (χ1v) is 6.90. The average molecular weight is 253 g/mol. The van der Waals surface area contributed by atoms with Gasteiger partial charge in [-0.25, -0.2) is 0 Å². The molecule has 0 aromatic heterocycles. The van der Waals surface area contributed by atoms with Crippen molar-refractivity contribution in [1.82, 2.24) is 16.0 Å². The van der Waals surface area contributed by atoms with Crippen LogP contribution in [0.5, 0.6) is 0 Å². The number of hydrogen-bond acceptors (Lipinski definition) is 3. The molecule has 3 N–H and O–H groups in total. The second-order valence-corrected chi connectivity index (χ2v) is 5.51. The number of carbonyl (C=O) groups excluding carboxylic acids is 2. The zero-order chi connectivity index (χ0) is 13.0. The van der Waals surface area contributed by atoms with Gasteiger partial charge < -0.3 is 16.0 Å². The van der Waals surface area contributed by atoms with Gasteiger partial charge in [0.25, 0.3) is 0 Å². The second-order valence-electron chi connectivity index (χ2n) is 5.51. The lowest BCUT2D eigenvalue weighted by Crippen LogP contribution is -2.40. The average Bonchev–Trinajstić information content (AvgIpc) is 2.64. The number of piperidine rings is 1. The van der Waals surface area contributed by atoms with Gasteiger partial charge in [-0.15, -0.1) is 0 Å². The van der Waals surface area contributed by atoms with Crippen LogP contribution < -0.4 is 16.0 Å². The molecule has 0 aromatic carbocycles. The molecule has 5 nitrogen and oxygen atoms in total. The number of fused-ring (bicyclic) bond motifs is 2. The Morgan fingerprint density at radius 1 is 1.11 bits per heavy atom. The highest BCUT2D eigenvalue weighted by molar-refractivity contribution is 5.76. The summed E-state index contributed by atoms with van der Waals surface area (Å²) in [6.45, 7) is 2.52. The molecule has 2 fully saturated rings. The van der Waals surface area contributed by atoms with Crippen molar-refractivity contribution in [2.75, 3.05) is 13.1 Å². The van der Waals surface area contributed by atoms with Crippen LogP contribution in [0, 0.1) is 5.92 Å². The highest BCUT2D eigenvalue weighted by Gasteiger charge is 2.33. The minimum atomic E-state index is -0.0563. The van der Waals surface area contributed by atoms with Crippen molar-refractivity contribution in [3.8, 4) is 0 Å². The van der Waals surface area contributed by atoms with Crippen LogP contribution in [0.1, 0.15) is 39.0 Å². The summed E-state index contributed by atoms with van der Waals surface area (Å²) in [5, 5.41) is 9.11. The third-order valence-electron chi connectivity index (χ3n) is 3.87. The van der Waals surface area contributed by atoms with Gasteiger partial charge in [-0.05, 0) is 31.6 Å². The summed E-state index contributed by atoms with van der Waals surface area (Å²) in [6, 6.07) is 1.28. The van der Waals surface area contributed by atoms with Crippen LogP contribution in [-0.4, -0.2) is 37.0 Å². The minimum absolute atomic E-state index is 0.0563. The summed E-state index contributed by atoms with van der Waals surface area (Å²) in [7, 11) is 0. The fourth-order valence-corrected chi connectivity index (χ4v) is 3.12. The van der Waals surface area contributed by atoms with E-state index in [-0.39, 0.29) is 11.8 Å². The number of carbonyl (C=O) groups is 2. The molecule has 0 spiro atoms. The standard InChI is InChI=1S/C13H23N3O2/c1-9(17)14-4-5-15-13(18)8-10-6-11-2-3-12(7-10)16-11/h10-12,16H,2-8H2,1H3,(H,14,17)(H,15,18). The summed E-state index contributed by atoms with van der Waals surface area (Å²) in [5.41, 5.74) is 0. The summed E-state index contributed by atoms with van der Waals surface area (Å²) in [4.78, 5) is 22.4. The van der Waals surface area contributed by atoms with Gasteiger partial charge in [0, 0.05) is 38.5 Å². The maximum absolute atomic E-state index is 11.7. The SMILES string of the molecule is CC(=O)NCCNC(=O)CC1CC2CCC(C1)N2. The van der Waals surface area contributed by atoms with Crippen LogP contribution in [0.3, 0.4) is 0 Å². The second kappa shape index (κ2) is 6.18. The van der Waals surface area contributed by atoms with E-state index in [1.54, 1.807) is 0 Å². The smallest absolute Gasteiger partial charge is 0.220 e. The van der Waals surface area contributed by atoms with Gasteiger partial charge in [0.2, 0.25) is 11.8 Å². The van der Waals surface area contributed by atoms with E-state index in [9.17, 15) is 9.59 Å². The van der Waals surface area contributed by atoms with Crippen molar-refractivity contribution in [3.63, 3.8) is 0 Å². The molecule has 2 aliphatic rings. The topological polar surface area (TPSA) is 70.2 Å². The van der Waals surface area contributed by atoms with E-state index in [0.29, 0.717) is 37.5 Å². The first-order valence-electron chi connectivity index (χ1n) is 6.90. The first-order chi connectivity index (χ1) is 8.63. The molecule has 2 amide bonds. The highest BCUT2D eigenvalue weighted by Crippen LogP contribution is 2.32. The number of rotatable bonds is 5. The number of hydrogen-bond donors (Lipinski definition) is 3. The van der Waals surface area contributed by atoms with Crippen molar-refractivity contribution in [2.24, 2.45) is 5.92 Å². The van der Waals surface area contributed by atoms with Crippen LogP contribution in [0.15, 0.2) is 0 Å². The minimum Gasteiger partial charge on any atom is -0.355 e. The maximum atomic E-state index is 11.7. The molecule has 5 heteroatoms. The Morgan fingerprint density at radius 2 is 1.72 bits per heavy atom. The summed E-state index contributed by atoms with van der Waals surface area (Å²) < 4.78 is 0. The summed E-state index contributed by atoms with van der Waals surface area (Å²) in [6.07, 6.45) is 5.44. The fourth-order valence-electron chi connectivity index (χ4n) is 3.12. The van der Waals surface area contributed by atoms with Gasteiger partial charge in [-0.2, -0.15) is 0 Å². The Kier molecular flexibility index (Phi) is 4.58. The Labute approximate surface area is 108 Å². The van der Waals surface area contributed by atoms with Crippen LogP contribution in [0.25, 0.3) is 0 Å². The monoisotopic (exact) mass is 253 g/mol.